The van der Waals surface area contributed by atoms with Crippen molar-refractivity contribution in [3.05, 3.63) is 42.2 Å². The van der Waals surface area contributed by atoms with Crippen LogP contribution in [-0.4, -0.2) is 26.9 Å². The average Bonchev–Trinajstić information content (AvgIpc) is 2.84. The van der Waals surface area contributed by atoms with Crippen LogP contribution in [0.15, 0.2) is 36.5 Å². The van der Waals surface area contributed by atoms with Gasteiger partial charge in [0.15, 0.2) is 0 Å². The molecule has 5 heteroatoms. The van der Waals surface area contributed by atoms with Crippen LogP contribution >= 0.6 is 15.9 Å². The van der Waals surface area contributed by atoms with Crippen molar-refractivity contribution in [3.8, 4) is 5.75 Å². The lowest BCUT2D eigenvalue weighted by Crippen LogP contribution is -2.05. The number of aromatic nitrogens is 3. The number of rotatable bonds is 7. The van der Waals surface area contributed by atoms with E-state index in [-0.39, 0.29) is 0 Å². The van der Waals surface area contributed by atoms with Crippen molar-refractivity contribution in [1.82, 2.24) is 15.0 Å². The van der Waals surface area contributed by atoms with E-state index in [4.69, 9.17) is 4.74 Å². The molecule has 18 heavy (non-hydrogen) atoms. The van der Waals surface area contributed by atoms with Crippen LogP contribution in [0.4, 0.5) is 0 Å². The molecule has 0 spiro atoms. The van der Waals surface area contributed by atoms with E-state index in [0.29, 0.717) is 6.61 Å². The molecule has 2 aromatic rings. The second-order valence-electron chi connectivity index (χ2n) is 3.93. The molecule has 0 aliphatic heterocycles. The van der Waals surface area contributed by atoms with Gasteiger partial charge in [-0.15, -0.1) is 5.10 Å². The molecule has 2 rings (SSSR count). The molecular formula is C13H16BrN3O. The van der Waals surface area contributed by atoms with Crippen molar-refractivity contribution in [3.63, 3.8) is 0 Å². The number of hydrogen-bond acceptors (Lipinski definition) is 3. The van der Waals surface area contributed by atoms with E-state index < -0.39 is 0 Å². The fourth-order valence-electron chi connectivity index (χ4n) is 1.59. The van der Waals surface area contributed by atoms with Gasteiger partial charge in [0.1, 0.15) is 5.75 Å². The Balaban J connectivity index is 1.68. The van der Waals surface area contributed by atoms with Crippen molar-refractivity contribution in [2.45, 2.75) is 19.4 Å². The molecule has 0 bridgehead atoms. The van der Waals surface area contributed by atoms with Crippen molar-refractivity contribution >= 4 is 15.9 Å². The molecule has 0 saturated heterocycles. The lowest BCUT2D eigenvalue weighted by molar-refractivity contribution is 0.298. The highest BCUT2D eigenvalue weighted by molar-refractivity contribution is 9.09. The second kappa shape index (κ2) is 7.16. The summed E-state index contributed by atoms with van der Waals surface area (Å²) in [5.74, 6) is 0.913. The maximum atomic E-state index is 5.61. The van der Waals surface area contributed by atoms with Gasteiger partial charge in [-0.2, -0.15) is 0 Å². The van der Waals surface area contributed by atoms with Crippen LogP contribution in [-0.2, 0) is 13.0 Å². The summed E-state index contributed by atoms with van der Waals surface area (Å²) in [7, 11) is 0. The highest BCUT2D eigenvalue weighted by Gasteiger charge is 1.99. The number of halogens is 1. The van der Waals surface area contributed by atoms with Crippen LogP contribution in [0.3, 0.4) is 0 Å². The Morgan fingerprint density at radius 2 is 2.06 bits per heavy atom. The second-order valence-corrected chi connectivity index (χ2v) is 4.72. The van der Waals surface area contributed by atoms with Crippen LogP contribution in [0, 0.1) is 0 Å². The van der Waals surface area contributed by atoms with E-state index in [1.807, 2.05) is 41.2 Å². The minimum absolute atomic E-state index is 0.692. The fourth-order valence-corrected chi connectivity index (χ4v) is 2.00. The summed E-state index contributed by atoms with van der Waals surface area (Å²) in [5.41, 5.74) is 1.02. The number of aryl methyl sites for hydroxylation is 2. The highest BCUT2D eigenvalue weighted by Crippen LogP contribution is 2.08. The zero-order valence-corrected chi connectivity index (χ0v) is 11.7. The van der Waals surface area contributed by atoms with Gasteiger partial charge in [0, 0.05) is 30.9 Å². The van der Waals surface area contributed by atoms with Crippen molar-refractivity contribution in [2.24, 2.45) is 0 Å². The average molecular weight is 310 g/mol. The van der Waals surface area contributed by atoms with Gasteiger partial charge in [0.2, 0.25) is 0 Å². The SMILES string of the molecule is BrCCc1cn(CCCOc2ccccc2)nn1. The largest absolute Gasteiger partial charge is 0.494 e. The van der Waals surface area contributed by atoms with Crippen molar-refractivity contribution < 1.29 is 4.74 Å². The van der Waals surface area contributed by atoms with Gasteiger partial charge in [0.05, 0.1) is 12.3 Å². The molecule has 1 heterocycles. The summed E-state index contributed by atoms with van der Waals surface area (Å²) in [4.78, 5) is 0. The van der Waals surface area contributed by atoms with Crippen LogP contribution in [0.5, 0.6) is 5.75 Å². The Bertz CT molecular complexity index is 458. The predicted molar refractivity (Wildman–Crippen MR) is 74.1 cm³/mol. The number of para-hydroxylation sites is 1. The molecule has 0 amide bonds. The molecule has 0 aliphatic carbocycles. The van der Waals surface area contributed by atoms with Crippen LogP contribution < -0.4 is 4.74 Å². The summed E-state index contributed by atoms with van der Waals surface area (Å²) < 4.78 is 7.48. The molecule has 0 radical (unpaired) electrons. The smallest absolute Gasteiger partial charge is 0.119 e. The zero-order valence-electron chi connectivity index (χ0n) is 10.1. The van der Waals surface area contributed by atoms with Gasteiger partial charge in [-0.1, -0.05) is 39.3 Å². The standard InChI is InChI=1S/C13H16BrN3O/c14-8-7-12-11-17(16-15-12)9-4-10-18-13-5-2-1-3-6-13/h1-3,5-6,11H,4,7-10H2. The van der Waals surface area contributed by atoms with E-state index in [2.05, 4.69) is 26.2 Å². The first-order chi connectivity index (χ1) is 8.88. The summed E-state index contributed by atoms with van der Waals surface area (Å²) in [6.45, 7) is 1.53. The van der Waals surface area contributed by atoms with Gasteiger partial charge >= 0.3 is 0 Å². The first kappa shape index (κ1) is 13.1. The van der Waals surface area contributed by atoms with Gasteiger partial charge in [-0.25, -0.2) is 0 Å². The normalized spacial score (nSPS) is 10.5. The zero-order chi connectivity index (χ0) is 12.6. The molecule has 1 aromatic heterocycles. The number of benzene rings is 1. The van der Waals surface area contributed by atoms with Gasteiger partial charge in [-0.05, 0) is 12.1 Å². The van der Waals surface area contributed by atoms with E-state index in [0.717, 1.165) is 36.2 Å². The van der Waals surface area contributed by atoms with E-state index in [1.54, 1.807) is 0 Å². The van der Waals surface area contributed by atoms with Crippen molar-refractivity contribution in [2.75, 3.05) is 11.9 Å². The van der Waals surface area contributed by atoms with Gasteiger partial charge in [0.25, 0.3) is 0 Å². The molecule has 0 saturated carbocycles. The van der Waals surface area contributed by atoms with Crippen LogP contribution in [0.25, 0.3) is 0 Å². The summed E-state index contributed by atoms with van der Waals surface area (Å²) >= 11 is 3.39. The molecule has 0 fully saturated rings. The number of nitrogens with zero attached hydrogens (tertiary/aromatic N) is 3. The number of alkyl halides is 1. The topological polar surface area (TPSA) is 39.9 Å². The van der Waals surface area contributed by atoms with E-state index >= 15 is 0 Å². The molecule has 0 aliphatic rings. The Morgan fingerprint density at radius 1 is 1.22 bits per heavy atom. The number of hydrogen-bond donors (Lipinski definition) is 0. The Hall–Kier alpha value is -1.36. The van der Waals surface area contributed by atoms with E-state index in [9.17, 15) is 0 Å². The maximum absolute atomic E-state index is 5.61. The van der Waals surface area contributed by atoms with Crippen LogP contribution in [0.1, 0.15) is 12.1 Å². The monoisotopic (exact) mass is 309 g/mol. The minimum atomic E-state index is 0.692. The van der Waals surface area contributed by atoms with Crippen LogP contribution in [0.2, 0.25) is 0 Å². The Morgan fingerprint density at radius 3 is 2.83 bits per heavy atom. The Labute approximate surface area is 115 Å². The first-order valence-corrected chi connectivity index (χ1v) is 7.13. The highest BCUT2D eigenvalue weighted by atomic mass is 79.9. The molecule has 0 unspecified atom stereocenters. The molecule has 4 nitrogen and oxygen atoms in total. The minimum Gasteiger partial charge on any atom is -0.494 e. The fraction of sp³-hybridized carbons (Fsp3) is 0.385. The number of ether oxygens (including phenoxy) is 1. The maximum Gasteiger partial charge on any atom is 0.119 e. The lowest BCUT2D eigenvalue weighted by Gasteiger charge is -2.05. The third kappa shape index (κ3) is 4.14. The summed E-state index contributed by atoms with van der Waals surface area (Å²) in [6, 6.07) is 9.85. The summed E-state index contributed by atoms with van der Waals surface area (Å²) in [6.07, 6.45) is 3.83. The predicted octanol–water partition coefficient (Wildman–Crippen LogP) is 2.68. The summed E-state index contributed by atoms with van der Waals surface area (Å²) in [5, 5.41) is 9.07. The molecule has 1 aromatic carbocycles. The lowest BCUT2D eigenvalue weighted by atomic mass is 10.3. The Kier molecular flexibility index (Phi) is 5.20. The van der Waals surface area contributed by atoms with Gasteiger partial charge < -0.3 is 4.74 Å². The third-order valence-electron chi connectivity index (χ3n) is 2.48. The first-order valence-electron chi connectivity index (χ1n) is 6.01. The molecule has 0 N–H and O–H groups in total. The molecule has 96 valence electrons. The molecular weight excluding hydrogens is 294 g/mol. The molecule has 0 atom stereocenters. The quantitative estimate of drug-likeness (QED) is 0.583. The third-order valence-corrected chi connectivity index (χ3v) is 2.88. The van der Waals surface area contributed by atoms with E-state index in [1.165, 1.54) is 0 Å². The van der Waals surface area contributed by atoms with Gasteiger partial charge in [-0.3, -0.25) is 4.68 Å². The van der Waals surface area contributed by atoms with Crippen molar-refractivity contribution in [1.29, 1.82) is 0 Å².